The van der Waals surface area contributed by atoms with Crippen LogP contribution in [0.4, 0.5) is 0 Å². The van der Waals surface area contributed by atoms with Crippen molar-refractivity contribution < 1.29 is 0 Å². The Morgan fingerprint density at radius 2 is 2.15 bits per heavy atom. The molecule has 3 nitrogen and oxygen atoms in total. The van der Waals surface area contributed by atoms with Gasteiger partial charge in [-0.2, -0.15) is 0 Å². The summed E-state index contributed by atoms with van der Waals surface area (Å²) in [4.78, 5) is 6.67. The molecule has 2 N–H and O–H groups in total. The summed E-state index contributed by atoms with van der Waals surface area (Å²) in [6.45, 7) is 4.01. The smallest absolute Gasteiger partial charge is 0.0332 e. The summed E-state index contributed by atoms with van der Waals surface area (Å²) in [5.41, 5.74) is 7.63. The normalized spacial score (nSPS) is 26.9. The molecule has 1 heterocycles. The lowest BCUT2D eigenvalue weighted by Gasteiger charge is -2.46. The van der Waals surface area contributed by atoms with Crippen LogP contribution in [0.15, 0.2) is 24.5 Å². The molecule has 0 unspecified atom stereocenters. The fraction of sp³-hybridized carbons (Fsp3) is 0.706. The molecule has 1 saturated carbocycles. The number of nitrogens with zero attached hydrogens (tertiary/aromatic N) is 2. The van der Waals surface area contributed by atoms with Gasteiger partial charge in [-0.15, -0.1) is 0 Å². The van der Waals surface area contributed by atoms with Crippen molar-refractivity contribution in [2.75, 3.05) is 13.6 Å². The minimum absolute atomic E-state index is 0.195. The first-order chi connectivity index (χ1) is 9.70. The van der Waals surface area contributed by atoms with E-state index in [1.807, 2.05) is 18.5 Å². The molecule has 0 saturated heterocycles. The molecule has 1 aliphatic rings. The summed E-state index contributed by atoms with van der Waals surface area (Å²) in [5, 5.41) is 0. The molecular formula is C17H29N3. The summed E-state index contributed by atoms with van der Waals surface area (Å²) >= 11 is 0. The van der Waals surface area contributed by atoms with Gasteiger partial charge in [0.2, 0.25) is 0 Å². The Labute approximate surface area is 123 Å². The largest absolute Gasteiger partial charge is 0.329 e. The predicted molar refractivity (Wildman–Crippen MR) is 84.4 cm³/mol. The zero-order valence-electron chi connectivity index (χ0n) is 13.0. The Hall–Kier alpha value is -0.930. The fourth-order valence-corrected chi connectivity index (χ4v) is 3.59. The number of hydrogen-bond acceptors (Lipinski definition) is 3. The Morgan fingerprint density at radius 1 is 1.40 bits per heavy atom. The number of nitrogens with two attached hydrogens (primary N) is 1. The maximum absolute atomic E-state index is 6.15. The first kappa shape index (κ1) is 15.5. The molecule has 0 atom stereocenters. The lowest BCUT2D eigenvalue weighted by Crippen LogP contribution is -2.53. The first-order valence-corrected chi connectivity index (χ1v) is 8.00. The van der Waals surface area contributed by atoms with E-state index in [-0.39, 0.29) is 5.54 Å². The van der Waals surface area contributed by atoms with E-state index in [9.17, 15) is 0 Å². The van der Waals surface area contributed by atoms with Crippen LogP contribution < -0.4 is 5.73 Å². The van der Waals surface area contributed by atoms with Crippen molar-refractivity contribution in [2.24, 2.45) is 11.7 Å². The van der Waals surface area contributed by atoms with Crippen LogP contribution >= 0.6 is 0 Å². The second kappa shape index (κ2) is 7.19. The quantitative estimate of drug-likeness (QED) is 0.867. The van der Waals surface area contributed by atoms with Crippen LogP contribution in [-0.2, 0) is 6.54 Å². The van der Waals surface area contributed by atoms with E-state index < -0.39 is 0 Å². The molecule has 0 amide bonds. The number of likely N-dealkylation sites (N-methyl/N-ethyl adjacent to an activating group) is 1. The van der Waals surface area contributed by atoms with Gasteiger partial charge in [-0.1, -0.05) is 25.8 Å². The zero-order chi connectivity index (χ0) is 14.4. The third-order valence-corrected chi connectivity index (χ3v) is 5.07. The molecule has 0 aromatic carbocycles. The standard InChI is InChI=1S/C17H29N3/c1-3-5-15-7-9-17(14-18,10-8-15)20(2)13-16-6-4-11-19-12-16/h4,6,11-12,15H,3,5,7-10,13-14,18H2,1-2H3. The van der Waals surface area contributed by atoms with Gasteiger partial charge in [0.1, 0.15) is 0 Å². The maximum Gasteiger partial charge on any atom is 0.0332 e. The van der Waals surface area contributed by atoms with Gasteiger partial charge >= 0.3 is 0 Å². The van der Waals surface area contributed by atoms with Crippen molar-refractivity contribution in [3.05, 3.63) is 30.1 Å². The topological polar surface area (TPSA) is 42.1 Å². The minimum Gasteiger partial charge on any atom is -0.329 e. The fourth-order valence-electron chi connectivity index (χ4n) is 3.59. The molecule has 2 rings (SSSR count). The van der Waals surface area contributed by atoms with E-state index in [4.69, 9.17) is 5.73 Å². The van der Waals surface area contributed by atoms with Crippen LogP contribution in [0.1, 0.15) is 51.0 Å². The van der Waals surface area contributed by atoms with Crippen molar-refractivity contribution in [1.82, 2.24) is 9.88 Å². The highest BCUT2D eigenvalue weighted by Crippen LogP contribution is 2.37. The molecule has 0 spiro atoms. The van der Waals surface area contributed by atoms with E-state index in [2.05, 4.69) is 29.9 Å². The molecule has 1 aliphatic carbocycles. The molecular weight excluding hydrogens is 246 g/mol. The van der Waals surface area contributed by atoms with Crippen molar-refractivity contribution in [3.63, 3.8) is 0 Å². The Kier molecular flexibility index (Phi) is 5.55. The molecule has 20 heavy (non-hydrogen) atoms. The Bertz CT molecular complexity index is 382. The molecule has 1 aromatic rings. The summed E-state index contributed by atoms with van der Waals surface area (Å²) in [7, 11) is 2.22. The van der Waals surface area contributed by atoms with Crippen LogP contribution in [0, 0.1) is 5.92 Å². The van der Waals surface area contributed by atoms with Crippen molar-refractivity contribution in [1.29, 1.82) is 0 Å². The number of hydrogen-bond donors (Lipinski definition) is 1. The van der Waals surface area contributed by atoms with Crippen molar-refractivity contribution in [2.45, 2.75) is 57.5 Å². The molecule has 112 valence electrons. The zero-order valence-corrected chi connectivity index (χ0v) is 13.0. The van der Waals surface area contributed by atoms with Crippen LogP contribution in [0.3, 0.4) is 0 Å². The second-order valence-electron chi connectivity index (χ2n) is 6.38. The van der Waals surface area contributed by atoms with Crippen LogP contribution in [0.5, 0.6) is 0 Å². The van der Waals surface area contributed by atoms with Gasteiger partial charge in [0.25, 0.3) is 0 Å². The van der Waals surface area contributed by atoms with Crippen LogP contribution in [0.25, 0.3) is 0 Å². The van der Waals surface area contributed by atoms with Gasteiger partial charge in [-0.05, 0) is 50.3 Å². The average Bonchev–Trinajstić information content (AvgIpc) is 2.49. The molecule has 0 bridgehead atoms. The van der Waals surface area contributed by atoms with Gasteiger partial charge in [0, 0.05) is 31.0 Å². The van der Waals surface area contributed by atoms with Gasteiger partial charge in [-0.25, -0.2) is 0 Å². The van der Waals surface area contributed by atoms with Gasteiger partial charge in [0.15, 0.2) is 0 Å². The molecule has 0 aliphatic heterocycles. The monoisotopic (exact) mass is 275 g/mol. The van der Waals surface area contributed by atoms with E-state index in [0.29, 0.717) is 0 Å². The second-order valence-corrected chi connectivity index (χ2v) is 6.38. The highest BCUT2D eigenvalue weighted by molar-refractivity contribution is 5.09. The van der Waals surface area contributed by atoms with Gasteiger partial charge < -0.3 is 5.73 Å². The van der Waals surface area contributed by atoms with Gasteiger partial charge in [-0.3, -0.25) is 9.88 Å². The van der Waals surface area contributed by atoms with Crippen molar-refractivity contribution in [3.8, 4) is 0 Å². The summed E-state index contributed by atoms with van der Waals surface area (Å²) < 4.78 is 0. The van der Waals surface area contributed by atoms with E-state index >= 15 is 0 Å². The SMILES string of the molecule is CCCC1CCC(CN)(N(C)Cc2cccnc2)CC1. The third-order valence-electron chi connectivity index (χ3n) is 5.07. The van der Waals surface area contributed by atoms with E-state index in [1.165, 1.54) is 44.1 Å². The van der Waals surface area contributed by atoms with Gasteiger partial charge in [0.05, 0.1) is 0 Å². The highest BCUT2D eigenvalue weighted by Gasteiger charge is 2.37. The molecule has 0 radical (unpaired) electrons. The Morgan fingerprint density at radius 3 is 2.70 bits per heavy atom. The lowest BCUT2D eigenvalue weighted by atomic mass is 9.74. The first-order valence-electron chi connectivity index (χ1n) is 8.00. The number of aromatic nitrogens is 1. The molecule has 3 heteroatoms. The predicted octanol–water partition coefficient (Wildman–Crippen LogP) is 3.20. The average molecular weight is 275 g/mol. The highest BCUT2D eigenvalue weighted by atomic mass is 15.2. The molecule has 1 fully saturated rings. The summed E-state index contributed by atoms with van der Waals surface area (Å²) in [6, 6.07) is 4.16. The van der Waals surface area contributed by atoms with Crippen molar-refractivity contribution >= 4 is 0 Å². The Balaban J connectivity index is 1.97. The summed E-state index contributed by atoms with van der Waals surface area (Å²) in [6.07, 6.45) is 11.6. The maximum atomic E-state index is 6.15. The third kappa shape index (κ3) is 3.58. The van der Waals surface area contributed by atoms with E-state index in [1.54, 1.807) is 0 Å². The minimum atomic E-state index is 0.195. The lowest BCUT2D eigenvalue weighted by molar-refractivity contribution is 0.0568. The number of rotatable bonds is 6. The van der Waals surface area contributed by atoms with Crippen LogP contribution in [0.2, 0.25) is 0 Å². The van der Waals surface area contributed by atoms with Crippen LogP contribution in [-0.4, -0.2) is 29.0 Å². The number of pyridine rings is 1. The molecule has 1 aromatic heterocycles. The van der Waals surface area contributed by atoms with E-state index in [0.717, 1.165) is 19.0 Å². The summed E-state index contributed by atoms with van der Waals surface area (Å²) in [5.74, 6) is 0.923.